The average Bonchev–Trinajstić information content (AvgIpc) is 3.28. The van der Waals surface area contributed by atoms with Gasteiger partial charge in [0.25, 0.3) is 0 Å². The molecule has 0 bridgehead atoms. The van der Waals surface area contributed by atoms with Crippen LogP contribution in [0.25, 0.3) is 10.2 Å². The fourth-order valence-electron chi connectivity index (χ4n) is 2.98. The summed E-state index contributed by atoms with van der Waals surface area (Å²) in [5.41, 5.74) is 0.903. The second kappa shape index (κ2) is 7.40. The van der Waals surface area contributed by atoms with Gasteiger partial charge < -0.3 is 14.0 Å². The van der Waals surface area contributed by atoms with Crippen molar-refractivity contribution in [2.75, 3.05) is 12.5 Å². The Morgan fingerprint density at radius 3 is 2.61 bits per heavy atom. The Balaban J connectivity index is 1.60. The number of fused-ring (bicyclic) bond motifs is 2. The van der Waals surface area contributed by atoms with E-state index < -0.39 is 15.7 Å². The van der Waals surface area contributed by atoms with E-state index in [0.717, 1.165) is 10.2 Å². The lowest BCUT2D eigenvalue weighted by Gasteiger charge is -2.03. The van der Waals surface area contributed by atoms with Crippen molar-refractivity contribution >= 4 is 37.3 Å². The monoisotopic (exact) mass is 418 g/mol. The number of ether oxygens (including phenoxy) is 2. The van der Waals surface area contributed by atoms with Gasteiger partial charge in [-0.2, -0.15) is 4.99 Å². The molecule has 9 heteroatoms. The zero-order valence-electron chi connectivity index (χ0n) is 15.1. The van der Waals surface area contributed by atoms with Gasteiger partial charge in [-0.25, -0.2) is 8.42 Å². The summed E-state index contributed by atoms with van der Waals surface area (Å²) in [6, 6.07) is 11.9. The van der Waals surface area contributed by atoms with Gasteiger partial charge >= 0.3 is 0 Å². The molecule has 1 aromatic heterocycles. The van der Waals surface area contributed by atoms with Crippen molar-refractivity contribution < 1.29 is 22.7 Å². The number of rotatable bonds is 5. The number of sulfone groups is 1. The lowest BCUT2D eigenvalue weighted by molar-refractivity contribution is -0.117. The largest absolute Gasteiger partial charge is 0.454 e. The number of aryl methyl sites for hydroxylation is 1. The summed E-state index contributed by atoms with van der Waals surface area (Å²) in [5, 5.41) is 0. The van der Waals surface area contributed by atoms with Crippen molar-refractivity contribution in [3.63, 3.8) is 0 Å². The average molecular weight is 418 g/mol. The number of aromatic nitrogens is 1. The minimum Gasteiger partial charge on any atom is -0.454 e. The van der Waals surface area contributed by atoms with Crippen LogP contribution in [0.2, 0.25) is 0 Å². The fourth-order valence-corrected chi connectivity index (χ4v) is 5.35. The van der Waals surface area contributed by atoms with Crippen molar-refractivity contribution in [3.05, 3.63) is 47.3 Å². The SMILES string of the molecule is CCn1c(=NC(=O)CCS(=O)(=O)c2ccccc2)sc2cc3c(cc21)OCO3. The van der Waals surface area contributed by atoms with Crippen molar-refractivity contribution in [2.24, 2.45) is 4.99 Å². The molecule has 3 aromatic rings. The van der Waals surface area contributed by atoms with Crippen molar-refractivity contribution in [2.45, 2.75) is 24.8 Å². The highest BCUT2D eigenvalue weighted by molar-refractivity contribution is 7.91. The van der Waals surface area contributed by atoms with Crippen LogP contribution in [0.3, 0.4) is 0 Å². The molecular weight excluding hydrogens is 400 g/mol. The van der Waals surface area contributed by atoms with Gasteiger partial charge in [0.1, 0.15) is 0 Å². The smallest absolute Gasteiger partial charge is 0.249 e. The molecule has 0 N–H and O–H groups in total. The quantitative estimate of drug-likeness (QED) is 0.636. The molecule has 0 spiro atoms. The first-order valence-corrected chi connectivity index (χ1v) is 11.2. The molecule has 1 aliphatic rings. The molecule has 2 heterocycles. The number of hydrogen-bond donors (Lipinski definition) is 0. The third-order valence-electron chi connectivity index (χ3n) is 4.40. The normalized spacial score (nSPS) is 14.0. The highest BCUT2D eigenvalue weighted by atomic mass is 32.2. The second-order valence-electron chi connectivity index (χ2n) is 6.19. The Morgan fingerprint density at radius 2 is 1.89 bits per heavy atom. The van der Waals surface area contributed by atoms with Gasteiger partial charge in [0.15, 0.2) is 26.1 Å². The molecule has 0 aliphatic carbocycles. The maximum absolute atomic E-state index is 12.3. The predicted octanol–water partition coefficient (Wildman–Crippen LogP) is 2.74. The number of thiazole rings is 1. The van der Waals surface area contributed by atoms with Crippen LogP contribution in [0.1, 0.15) is 13.3 Å². The topological polar surface area (TPSA) is 87.0 Å². The van der Waals surface area contributed by atoms with E-state index in [0.29, 0.717) is 22.8 Å². The number of benzene rings is 2. The Bertz CT molecular complexity index is 1210. The second-order valence-corrected chi connectivity index (χ2v) is 9.31. The Labute approximate surface area is 165 Å². The molecule has 2 aromatic carbocycles. The first-order chi connectivity index (χ1) is 13.5. The Morgan fingerprint density at radius 1 is 1.18 bits per heavy atom. The minimum absolute atomic E-state index is 0.169. The van der Waals surface area contributed by atoms with Crippen molar-refractivity contribution in [1.82, 2.24) is 4.57 Å². The van der Waals surface area contributed by atoms with E-state index in [1.807, 2.05) is 23.6 Å². The van der Waals surface area contributed by atoms with Crippen LogP contribution in [-0.4, -0.2) is 31.4 Å². The van der Waals surface area contributed by atoms with E-state index in [1.165, 1.54) is 23.5 Å². The van der Waals surface area contributed by atoms with Crippen LogP contribution >= 0.6 is 11.3 Å². The standard InChI is InChI=1S/C19H18N2O5S2/c1-2-21-14-10-15-16(26-12-25-15)11-17(14)27-19(21)20-18(22)8-9-28(23,24)13-6-4-3-5-7-13/h3-7,10-11H,2,8-9,12H2,1H3. The van der Waals surface area contributed by atoms with Crippen LogP contribution in [0.5, 0.6) is 11.5 Å². The minimum atomic E-state index is -3.51. The number of carbonyl (C=O) groups is 1. The summed E-state index contributed by atoms with van der Waals surface area (Å²) in [5.74, 6) is 0.600. The van der Waals surface area contributed by atoms with E-state index in [1.54, 1.807) is 18.2 Å². The molecule has 0 atom stereocenters. The first-order valence-electron chi connectivity index (χ1n) is 8.76. The molecule has 0 unspecified atom stereocenters. The van der Waals surface area contributed by atoms with Gasteiger partial charge in [0.2, 0.25) is 12.7 Å². The maximum atomic E-state index is 12.3. The number of nitrogens with zero attached hydrogens (tertiary/aromatic N) is 2. The summed E-state index contributed by atoms with van der Waals surface area (Å²) in [6.07, 6.45) is -0.169. The number of carbonyl (C=O) groups excluding carboxylic acids is 1. The summed E-state index contributed by atoms with van der Waals surface area (Å²) in [4.78, 5) is 17.3. The van der Waals surface area contributed by atoms with E-state index in [-0.39, 0.29) is 23.9 Å². The Kier molecular flexibility index (Phi) is 4.94. The van der Waals surface area contributed by atoms with Crippen LogP contribution in [0.15, 0.2) is 52.4 Å². The molecule has 0 fully saturated rings. The summed E-state index contributed by atoms with van der Waals surface area (Å²) < 4.78 is 38.3. The first kappa shape index (κ1) is 18.7. The Hall–Kier alpha value is -2.65. The molecule has 4 rings (SSSR count). The zero-order chi connectivity index (χ0) is 19.7. The van der Waals surface area contributed by atoms with Crippen LogP contribution < -0.4 is 14.3 Å². The van der Waals surface area contributed by atoms with Gasteiger partial charge in [0.05, 0.1) is 20.9 Å². The number of amides is 1. The highest BCUT2D eigenvalue weighted by Gasteiger charge is 2.18. The molecule has 0 saturated carbocycles. The summed E-state index contributed by atoms with van der Waals surface area (Å²) in [7, 11) is -3.51. The molecular formula is C19H18N2O5S2. The van der Waals surface area contributed by atoms with Gasteiger partial charge in [0, 0.05) is 25.1 Å². The molecule has 146 valence electrons. The van der Waals surface area contributed by atoms with E-state index in [4.69, 9.17) is 9.47 Å². The van der Waals surface area contributed by atoms with E-state index in [2.05, 4.69) is 4.99 Å². The van der Waals surface area contributed by atoms with Gasteiger partial charge in [-0.3, -0.25) is 4.79 Å². The zero-order valence-corrected chi connectivity index (χ0v) is 16.8. The molecule has 1 amide bonds. The van der Waals surface area contributed by atoms with Crippen molar-refractivity contribution in [3.8, 4) is 11.5 Å². The fraction of sp³-hybridized carbons (Fsp3) is 0.263. The molecule has 0 radical (unpaired) electrons. The van der Waals surface area contributed by atoms with Crippen molar-refractivity contribution in [1.29, 1.82) is 0 Å². The molecule has 1 aliphatic heterocycles. The number of hydrogen-bond acceptors (Lipinski definition) is 6. The van der Waals surface area contributed by atoms with Gasteiger partial charge in [-0.15, -0.1) is 0 Å². The summed E-state index contributed by atoms with van der Waals surface area (Å²) >= 11 is 1.36. The molecule has 7 nitrogen and oxygen atoms in total. The lowest BCUT2D eigenvalue weighted by Crippen LogP contribution is -2.17. The van der Waals surface area contributed by atoms with E-state index in [9.17, 15) is 13.2 Å². The highest BCUT2D eigenvalue weighted by Crippen LogP contribution is 2.36. The van der Waals surface area contributed by atoms with E-state index >= 15 is 0 Å². The van der Waals surface area contributed by atoms with Crippen LogP contribution in [0.4, 0.5) is 0 Å². The molecule has 28 heavy (non-hydrogen) atoms. The van der Waals surface area contributed by atoms with Gasteiger partial charge in [-0.1, -0.05) is 29.5 Å². The predicted molar refractivity (Wildman–Crippen MR) is 105 cm³/mol. The third kappa shape index (κ3) is 3.55. The van der Waals surface area contributed by atoms with Crippen LogP contribution in [-0.2, 0) is 21.2 Å². The third-order valence-corrected chi connectivity index (χ3v) is 7.17. The lowest BCUT2D eigenvalue weighted by atomic mass is 10.3. The van der Waals surface area contributed by atoms with Gasteiger partial charge in [-0.05, 0) is 19.1 Å². The maximum Gasteiger partial charge on any atom is 0.249 e. The van der Waals surface area contributed by atoms with Crippen LogP contribution in [0, 0.1) is 0 Å². The molecule has 0 saturated heterocycles. The summed E-state index contributed by atoms with van der Waals surface area (Å²) in [6.45, 7) is 2.78.